The van der Waals surface area contributed by atoms with Gasteiger partial charge >= 0.3 is 27.2 Å². The van der Waals surface area contributed by atoms with E-state index in [1.165, 1.54) is 73.7 Å². The zero-order valence-corrected chi connectivity index (χ0v) is 53.0. The SMILES string of the molecule is C.CC(C)OC(=O)CN[P@@](=O)(Oc1ccccc1)c1c(F)c(F)c(F)c(F)c1F.CC(C)OC(=O)[C@H](C)N[P@@](=O)(OC[C@H]1O[C@@H](n2cnc3c(N(C)C)nc(N)nc32)[C@](C)(F)[C@@H]1O)Oc1ccccc1.CN(C)c1nc(N)nc2c1ncn2[C@@H]1O[C@H](CO)[C@@H](O)[C@@]1(C)F. The van der Waals surface area contributed by atoms with Gasteiger partial charge in [-0.3, -0.25) is 27.8 Å². The van der Waals surface area contributed by atoms with Crippen molar-refractivity contribution in [1.29, 1.82) is 0 Å². The Hall–Kier alpha value is -7.85. The number of benzene rings is 3. The van der Waals surface area contributed by atoms with Crippen LogP contribution in [0.15, 0.2) is 73.3 Å². The molecule has 6 heterocycles. The zero-order valence-electron chi connectivity index (χ0n) is 51.2. The van der Waals surface area contributed by atoms with Crippen LogP contribution in [0.4, 0.5) is 54.3 Å². The number of alkyl halides is 2. The van der Waals surface area contributed by atoms with E-state index in [2.05, 4.69) is 35.0 Å². The molecule has 28 nitrogen and oxygen atoms in total. The summed E-state index contributed by atoms with van der Waals surface area (Å²) in [6.45, 7) is 8.26. The molecule has 2 aliphatic heterocycles. The van der Waals surface area contributed by atoms with Gasteiger partial charge in [-0.15, -0.1) is 0 Å². The highest BCUT2D eigenvalue weighted by atomic mass is 31.2. The van der Waals surface area contributed by atoms with Crippen LogP contribution in [0, 0.1) is 29.1 Å². The molecule has 0 saturated carbocycles. The number of aliphatic hydroxyl groups excluding tert-OH is 3. The second kappa shape index (κ2) is 30.0. The van der Waals surface area contributed by atoms with Gasteiger partial charge in [-0.2, -0.15) is 25.0 Å². The maximum absolute atomic E-state index is 16.0. The molecular weight excluding hydrogens is 1290 g/mol. The molecule has 510 valence electrons. The average Bonchev–Trinajstić information content (AvgIpc) is 1.43. The number of carbonyl (C=O) groups excluding carboxylic acids is 2. The minimum Gasteiger partial charge on any atom is -0.462 e. The first-order chi connectivity index (χ1) is 43.0. The zero-order chi connectivity index (χ0) is 68.1. The van der Waals surface area contributed by atoms with Crippen LogP contribution in [0.1, 0.15) is 68.3 Å². The third-order valence-electron chi connectivity index (χ3n) is 13.5. The molecule has 0 aliphatic carbocycles. The van der Waals surface area contributed by atoms with Crippen LogP contribution >= 0.6 is 15.3 Å². The lowest BCUT2D eigenvalue weighted by atomic mass is 9.98. The van der Waals surface area contributed by atoms with Crippen molar-refractivity contribution < 1.29 is 97.3 Å². The van der Waals surface area contributed by atoms with Gasteiger partial charge in [0.25, 0.3) is 0 Å². The number of hydrogen-bond donors (Lipinski definition) is 7. The lowest BCUT2D eigenvalue weighted by Crippen LogP contribution is -2.41. The number of rotatable bonds is 21. The fraction of sp³-hybridized carbons (Fsp3) is 0.464. The molecule has 2 aliphatic rings. The predicted molar refractivity (Wildman–Crippen MR) is 325 cm³/mol. The van der Waals surface area contributed by atoms with E-state index in [0.717, 1.165) is 6.92 Å². The number of anilines is 4. The van der Waals surface area contributed by atoms with Crippen LogP contribution in [0.5, 0.6) is 11.5 Å². The third-order valence-corrected chi connectivity index (χ3v) is 17.2. The molecule has 2 saturated heterocycles. The van der Waals surface area contributed by atoms with E-state index in [1.54, 1.807) is 88.2 Å². The van der Waals surface area contributed by atoms with E-state index in [0.29, 0.717) is 28.3 Å². The van der Waals surface area contributed by atoms with Gasteiger partial charge in [0.15, 0.2) is 81.0 Å². The van der Waals surface area contributed by atoms with Crippen molar-refractivity contribution in [3.05, 3.63) is 102 Å². The number of carbonyl (C=O) groups is 2. The van der Waals surface area contributed by atoms with Crippen molar-refractivity contribution in [2.24, 2.45) is 0 Å². The van der Waals surface area contributed by atoms with Crippen molar-refractivity contribution in [3.8, 4) is 11.5 Å². The second-order valence-corrected chi connectivity index (χ2v) is 25.7. The average molecular weight is 1360 g/mol. The Morgan fingerprint density at radius 1 is 0.677 bits per heavy atom. The number of hydrogen-bond acceptors (Lipinski definition) is 24. The number of nitrogens with two attached hydrogens (primary N) is 2. The number of imidazole rings is 2. The van der Waals surface area contributed by atoms with E-state index in [-0.39, 0.29) is 36.5 Å². The maximum atomic E-state index is 16.0. The summed E-state index contributed by atoms with van der Waals surface area (Å²) < 4.78 is 167. The van der Waals surface area contributed by atoms with Crippen molar-refractivity contribution in [2.75, 3.05) is 69.2 Å². The summed E-state index contributed by atoms with van der Waals surface area (Å²) >= 11 is 0. The third kappa shape index (κ3) is 16.6. The van der Waals surface area contributed by atoms with E-state index in [9.17, 15) is 60.4 Å². The van der Waals surface area contributed by atoms with E-state index in [1.807, 2.05) is 5.09 Å². The van der Waals surface area contributed by atoms with Gasteiger partial charge in [-0.05, 0) is 72.7 Å². The molecule has 93 heavy (non-hydrogen) atoms. The van der Waals surface area contributed by atoms with Gasteiger partial charge < -0.3 is 64.6 Å². The Bertz CT molecular complexity index is 3820. The quantitative estimate of drug-likeness (QED) is 0.0133. The molecule has 0 radical (unpaired) electrons. The number of aliphatic hydroxyl groups is 3. The fourth-order valence-electron chi connectivity index (χ4n) is 9.13. The molecule has 0 amide bonds. The van der Waals surface area contributed by atoms with Gasteiger partial charge in [0, 0.05) is 28.2 Å². The fourth-order valence-corrected chi connectivity index (χ4v) is 12.4. The van der Waals surface area contributed by atoms with Crippen molar-refractivity contribution >= 4 is 78.4 Å². The molecular formula is C56H73F7N14O14P2. The molecule has 9 N–H and O–H groups in total. The Morgan fingerprint density at radius 2 is 1.10 bits per heavy atom. The standard InChI is InChI=1S/C25H35FN7O7P.C17H15F5NO4P.C13H19FN6O3.CH4/c1-14(2)38-22(35)15(3)31-41(36,40-16-10-8-7-9-11-16)37-12-17-19(34)25(4,26)23(39-17)33-13-28-18-20(32(5)6)29-24(27)30-21(18)33;1-9(2)26-11(24)8-23-28(25,27-10-6-4-3-5-7-10)17-15(21)13(19)12(18)14(20)16(17)22;1-13(14)8(22)6(4-21)23-11(13)20-5-16-7-9(19(2)3)17-12(15)18-10(7)20;/h7-11,13-15,17,19,23,34H,12H2,1-6H3,(H,31,36)(H2,27,29,30);3-7,9H,8H2,1-2H3,(H,23,25);5-6,8,11,21-22H,4H2,1-3H3,(H2,15,17,18);1H4/t15-,17+,19+,23+,25+,41+;28-;6-,8-,11-,13-;/m001./s1. The molecule has 3 aromatic carbocycles. The first-order valence-corrected chi connectivity index (χ1v) is 31.0. The molecule has 0 spiro atoms. The number of esters is 2. The Balaban J connectivity index is 0.000000231. The van der Waals surface area contributed by atoms with Crippen LogP contribution < -0.4 is 45.8 Å². The van der Waals surface area contributed by atoms with E-state index in [4.69, 9.17) is 44.0 Å². The normalized spacial score (nSPS) is 22.6. The minimum atomic E-state index is -4.99. The summed E-state index contributed by atoms with van der Waals surface area (Å²) in [6.07, 6.45) is -6.39. The molecule has 9 rings (SSSR count). The molecule has 4 aromatic heterocycles. The second-order valence-electron chi connectivity index (χ2n) is 22.0. The van der Waals surface area contributed by atoms with E-state index < -0.39 is 148 Å². The Kier molecular flexibility index (Phi) is 24.0. The molecule has 37 heteroatoms. The molecule has 0 bridgehead atoms. The summed E-state index contributed by atoms with van der Waals surface area (Å²) in [6, 6.07) is 13.9. The first kappa shape index (κ1) is 74.2. The largest absolute Gasteiger partial charge is 0.462 e. The van der Waals surface area contributed by atoms with Gasteiger partial charge in [0.1, 0.15) is 53.8 Å². The highest BCUT2D eigenvalue weighted by Crippen LogP contribution is 2.49. The van der Waals surface area contributed by atoms with Gasteiger partial charge in [0.05, 0.1) is 38.1 Å². The van der Waals surface area contributed by atoms with Crippen molar-refractivity contribution in [2.45, 2.75) is 122 Å². The number of para-hydroxylation sites is 2. The first-order valence-electron chi connectivity index (χ1n) is 27.8. The Morgan fingerprint density at radius 3 is 1.52 bits per heavy atom. The minimum absolute atomic E-state index is 0. The summed E-state index contributed by atoms with van der Waals surface area (Å²) in [5.74, 6) is -12.5. The maximum Gasteiger partial charge on any atom is 0.459 e. The topological polar surface area (TPSA) is 363 Å². The van der Waals surface area contributed by atoms with Gasteiger partial charge in [0.2, 0.25) is 17.7 Å². The van der Waals surface area contributed by atoms with Crippen LogP contribution in [-0.2, 0) is 42.2 Å². The highest BCUT2D eigenvalue weighted by molar-refractivity contribution is 7.65. The number of aromatic nitrogens is 8. The number of ether oxygens (including phenoxy) is 4. The molecule has 11 atom stereocenters. The van der Waals surface area contributed by atoms with Crippen molar-refractivity contribution in [3.63, 3.8) is 0 Å². The summed E-state index contributed by atoms with van der Waals surface area (Å²) in [5, 5.41) is 32.9. The van der Waals surface area contributed by atoms with Crippen molar-refractivity contribution in [1.82, 2.24) is 49.2 Å². The highest BCUT2D eigenvalue weighted by Gasteiger charge is 2.57. The number of fused-ring (bicyclic) bond motifs is 2. The van der Waals surface area contributed by atoms with Crippen LogP contribution in [-0.4, -0.2) is 168 Å². The number of halogens is 7. The number of nitrogens with one attached hydrogen (secondary N) is 2. The molecule has 0 unspecified atom stereocenters. The Labute approximate surface area is 528 Å². The summed E-state index contributed by atoms with van der Waals surface area (Å²) in [5.41, 5.74) is 8.40. The number of nitrogens with zero attached hydrogens (tertiary/aromatic N) is 10. The lowest BCUT2D eigenvalue weighted by molar-refractivity contribution is -0.149. The monoisotopic (exact) mass is 1360 g/mol. The molecule has 2 fully saturated rings. The predicted octanol–water partition coefficient (Wildman–Crippen LogP) is 6.50. The number of nitrogen functional groups attached to an aromatic ring is 2. The smallest absolute Gasteiger partial charge is 0.459 e. The van der Waals surface area contributed by atoms with Gasteiger partial charge in [-0.25, -0.2) is 50.4 Å². The van der Waals surface area contributed by atoms with Gasteiger partial charge in [-0.1, -0.05) is 43.8 Å². The van der Waals surface area contributed by atoms with E-state index >= 15 is 4.39 Å². The summed E-state index contributed by atoms with van der Waals surface area (Å²) in [7, 11) is -2.23. The summed E-state index contributed by atoms with van der Waals surface area (Å²) in [4.78, 5) is 52.6. The lowest BCUT2D eigenvalue weighted by Gasteiger charge is -2.25. The van der Waals surface area contributed by atoms with Crippen LogP contribution in [0.2, 0.25) is 0 Å². The molecule has 7 aromatic rings. The van der Waals surface area contributed by atoms with Crippen LogP contribution in [0.25, 0.3) is 22.3 Å². The van der Waals surface area contributed by atoms with Crippen LogP contribution in [0.3, 0.4) is 0 Å².